The Morgan fingerprint density at radius 3 is 3.00 bits per heavy atom. The number of nitrogens with one attached hydrogen (secondary N) is 1. The summed E-state index contributed by atoms with van der Waals surface area (Å²) in [5, 5.41) is 13.1. The maximum atomic E-state index is 9.57. The van der Waals surface area contributed by atoms with E-state index in [4.69, 9.17) is 0 Å². The number of aromatic hydroxyl groups is 1. The first-order chi connectivity index (χ1) is 9.22. The van der Waals surface area contributed by atoms with Crippen LogP contribution in [-0.4, -0.2) is 10.1 Å². The van der Waals surface area contributed by atoms with Crippen LogP contribution in [0.4, 0.5) is 5.69 Å². The molecular weight excluding hydrogens is 236 g/mol. The fourth-order valence-electron chi connectivity index (χ4n) is 2.79. The summed E-state index contributed by atoms with van der Waals surface area (Å²) in [6, 6.07) is 8.12. The number of nitrogens with zero attached hydrogens (tertiary/aromatic N) is 1. The van der Waals surface area contributed by atoms with Crippen molar-refractivity contribution >= 4 is 5.69 Å². The average Bonchev–Trinajstić information content (AvgIpc) is 2.38. The second-order valence-electron chi connectivity index (χ2n) is 5.22. The molecule has 0 aliphatic heterocycles. The SMILES string of the molecule is Cc1cncc(NC2CCCc3cc(O)ccc32)c1. The Balaban J connectivity index is 1.87. The van der Waals surface area contributed by atoms with Crippen molar-refractivity contribution in [3.8, 4) is 5.75 Å². The number of benzene rings is 1. The number of phenolic OH excluding ortho intramolecular Hbond substituents is 1. The van der Waals surface area contributed by atoms with Crippen LogP contribution >= 0.6 is 0 Å². The van der Waals surface area contributed by atoms with Crippen molar-refractivity contribution in [2.45, 2.75) is 32.2 Å². The molecule has 1 atom stereocenters. The maximum Gasteiger partial charge on any atom is 0.115 e. The van der Waals surface area contributed by atoms with Crippen LogP contribution in [0.2, 0.25) is 0 Å². The van der Waals surface area contributed by atoms with E-state index >= 15 is 0 Å². The highest BCUT2D eigenvalue weighted by Crippen LogP contribution is 2.34. The Kier molecular flexibility index (Phi) is 3.11. The molecule has 3 rings (SSSR count). The van der Waals surface area contributed by atoms with Crippen LogP contribution in [0.25, 0.3) is 0 Å². The highest BCUT2D eigenvalue weighted by Gasteiger charge is 2.20. The summed E-state index contributed by atoms with van der Waals surface area (Å²) in [6.45, 7) is 2.05. The molecule has 3 nitrogen and oxygen atoms in total. The summed E-state index contributed by atoms with van der Waals surface area (Å²) in [5.41, 5.74) is 4.77. The number of phenols is 1. The lowest BCUT2D eigenvalue weighted by molar-refractivity contribution is 0.472. The Hall–Kier alpha value is -2.03. The number of hydrogen-bond donors (Lipinski definition) is 2. The van der Waals surface area contributed by atoms with E-state index in [1.165, 1.54) is 11.1 Å². The second kappa shape index (κ2) is 4.92. The topological polar surface area (TPSA) is 45.2 Å². The highest BCUT2D eigenvalue weighted by molar-refractivity contribution is 5.48. The largest absolute Gasteiger partial charge is 0.508 e. The highest BCUT2D eigenvalue weighted by atomic mass is 16.3. The zero-order chi connectivity index (χ0) is 13.2. The van der Waals surface area contributed by atoms with E-state index in [0.717, 1.165) is 30.5 Å². The molecule has 1 aromatic heterocycles. The molecule has 1 unspecified atom stereocenters. The van der Waals surface area contributed by atoms with Gasteiger partial charge in [0.05, 0.1) is 11.7 Å². The third-order valence-corrected chi connectivity index (χ3v) is 3.66. The van der Waals surface area contributed by atoms with Gasteiger partial charge in [0.1, 0.15) is 5.75 Å². The molecule has 2 N–H and O–H groups in total. The molecule has 2 aromatic rings. The molecule has 3 heteroatoms. The van der Waals surface area contributed by atoms with Crippen molar-refractivity contribution < 1.29 is 5.11 Å². The molecule has 19 heavy (non-hydrogen) atoms. The van der Waals surface area contributed by atoms with Gasteiger partial charge < -0.3 is 10.4 Å². The third kappa shape index (κ3) is 2.55. The summed E-state index contributed by atoms with van der Waals surface area (Å²) in [4.78, 5) is 4.22. The Morgan fingerprint density at radius 1 is 1.26 bits per heavy atom. The molecule has 0 radical (unpaired) electrons. The van der Waals surface area contributed by atoms with Crippen LogP contribution in [0, 0.1) is 6.92 Å². The molecule has 1 heterocycles. The van der Waals surface area contributed by atoms with E-state index < -0.39 is 0 Å². The van der Waals surface area contributed by atoms with Gasteiger partial charge in [0, 0.05) is 12.4 Å². The molecule has 0 fully saturated rings. The van der Waals surface area contributed by atoms with Gasteiger partial charge in [-0.05, 0) is 61.1 Å². The number of anilines is 1. The predicted octanol–water partition coefficient (Wildman–Crippen LogP) is 3.59. The van der Waals surface area contributed by atoms with Crippen molar-refractivity contribution in [3.63, 3.8) is 0 Å². The van der Waals surface area contributed by atoms with Crippen LogP contribution in [0.3, 0.4) is 0 Å². The molecule has 0 saturated carbocycles. The van der Waals surface area contributed by atoms with Gasteiger partial charge in [0.2, 0.25) is 0 Å². The van der Waals surface area contributed by atoms with Gasteiger partial charge in [-0.25, -0.2) is 0 Å². The number of hydrogen-bond acceptors (Lipinski definition) is 3. The normalized spacial score (nSPS) is 17.8. The minimum Gasteiger partial charge on any atom is -0.508 e. The van der Waals surface area contributed by atoms with Gasteiger partial charge in [-0.2, -0.15) is 0 Å². The van der Waals surface area contributed by atoms with Crippen molar-refractivity contribution in [2.75, 3.05) is 5.32 Å². The molecule has 0 bridgehead atoms. The van der Waals surface area contributed by atoms with Crippen LogP contribution < -0.4 is 5.32 Å². The summed E-state index contributed by atoms with van der Waals surface area (Å²) < 4.78 is 0. The van der Waals surface area contributed by atoms with E-state index in [1.54, 1.807) is 6.07 Å². The number of aryl methyl sites for hydroxylation is 2. The van der Waals surface area contributed by atoms with E-state index in [0.29, 0.717) is 11.8 Å². The first-order valence-corrected chi connectivity index (χ1v) is 6.72. The third-order valence-electron chi connectivity index (χ3n) is 3.66. The monoisotopic (exact) mass is 254 g/mol. The zero-order valence-corrected chi connectivity index (χ0v) is 11.1. The standard InChI is InChI=1S/C16H18N2O/c1-11-7-13(10-17-9-11)18-16-4-2-3-12-8-14(19)5-6-15(12)16/h5-10,16,18-19H,2-4H2,1H3. The van der Waals surface area contributed by atoms with Crippen molar-refractivity contribution in [3.05, 3.63) is 53.3 Å². The molecule has 0 saturated heterocycles. The fraction of sp³-hybridized carbons (Fsp3) is 0.312. The average molecular weight is 254 g/mol. The minimum atomic E-state index is 0.313. The lowest BCUT2D eigenvalue weighted by Crippen LogP contribution is -2.17. The summed E-state index contributed by atoms with van der Waals surface area (Å²) >= 11 is 0. The number of rotatable bonds is 2. The Bertz CT molecular complexity index is 595. The zero-order valence-electron chi connectivity index (χ0n) is 11.1. The number of pyridine rings is 1. The predicted molar refractivity (Wildman–Crippen MR) is 76.4 cm³/mol. The molecule has 98 valence electrons. The van der Waals surface area contributed by atoms with Gasteiger partial charge in [-0.1, -0.05) is 6.07 Å². The van der Waals surface area contributed by atoms with Crippen LogP contribution in [0.15, 0.2) is 36.7 Å². The smallest absolute Gasteiger partial charge is 0.115 e. The number of fused-ring (bicyclic) bond motifs is 1. The van der Waals surface area contributed by atoms with Crippen molar-refractivity contribution in [2.24, 2.45) is 0 Å². The lowest BCUT2D eigenvalue weighted by Gasteiger charge is -2.27. The van der Waals surface area contributed by atoms with Crippen LogP contribution in [0.1, 0.15) is 35.6 Å². The molecule has 1 aliphatic rings. The first-order valence-electron chi connectivity index (χ1n) is 6.72. The molecule has 1 aromatic carbocycles. The first kappa shape index (κ1) is 12.0. The molecule has 0 amide bonds. The molecule has 0 spiro atoms. The van der Waals surface area contributed by atoms with Crippen molar-refractivity contribution in [1.82, 2.24) is 4.98 Å². The maximum absolute atomic E-state index is 9.57. The quantitative estimate of drug-likeness (QED) is 0.861. The van der Waals surface area contributed by atoms with Crippen molar-refractivity contribution in [1.29, 1.82) is 0 Å². The van der Waals surface area contributed by atoms with Crippen LogP contribution in [-0.2, 0) is 6.42 Å². The van der Waals surface area contributed by atoms with E-state index in [1.807, 2.05) is 31.5 Å². The van der Waals surface area contributed by atoms with Gasteiger partial charge in [0.25, 0.3) is 0 Å². The molecule has 1 aliphatic carbocycles. The van der Waals surface area contributed by atoms with Gasteiger partial charge in [-0.15, -0.1) is 0 Å². The van der Waals surface area contributed by atoms with Crippen LogP contribution in [0.5, 0.6) is 5.75 Å². The summed E-state index contributed by atoms with van der Waals surface area (Å²) in [6.07, 6.45) is 7.03. The summed E-state index contributed by atoms with van der Waals surface area (Å²) in [7, 11) is 0. The Labute approximate surface area is 113 Å². The molecular formula is C16H18N2O. The van der Waals surface area contributed by atoms with E-state index in [9.17, 15) is 5.11 Å². The van der Waals surface area contributed by atoms with E-state index in [-0.39, 0.29) is 0 Å². The van der Waals surface area contributed by atoms with Gasteiger partial charge in [0.15, 0.2) is 0 Å². The summed E-state index contributed by atoms with van der Waals surface area (Å²) in [5.74, 6) is 0.358. The Morgan fingerprint density at radius 2 is 2.16 bits per heavy atom. The van der Waals surface area contributed by atoms with Gasteiger partial charge in [-0.3, -0.25) is 4.98 Å². The lowest BCUT2D eigenvalue weighted by atomic mass is 9.87. The second-order valence-corrected chi connectivity index (χ2v) is 5.22. The van der Waals surface area contributed by atoms with E-state index in [2.05, 4.69) is 16.4 Å². The minimum absolute atomic E-state index is 0.313. The van der Waals surface area contributed by atoms with Gasteiger partial charge >= 0.3 is 0 Å². The fourth-order valence-corrected chi connectivity index (χ4v) is 2.79. The number of aromatic nitrogens is 1.